The summed E-state index contributed by atoms with van der Waals surface area (Å²) >= 11 is 0. The SMILES string of the molecule is CNc1cc(C=O)cc(F)c1-n1nccc1C. The maximum absolute atomic E-state index is 14.0. The van der Waals surface area contributed by atoms with Crippen LogP contribution in [0.15, 0.2) is 24.4 Å². The molecule has 0 aliphatic carbocycles. The van der Waals surface area contributed by atoms with Crippen LogP contribution in [0.4, 0.5) is 10.1 Å². The molecule has 0 unspecified atom stereocenters. The average molecular weight is 233 g/mol. The second-order valence-corrected chi connectivity index (χ2v) is 3.65. The molecule has 1 aromatic carbocycles. The van der Waals surface area contributed by atoms with Gasteiger partial charge in [-0.05, 0) is 25.1 Å². The molecule has 1 heterocycles. The number of halogens is 1. The van der Waals surface area contributed by atoms with Gasteiger partial charge in [0, 0.05) is 24.5 Å². The van der Waals surface area contributed by atoms with Gasteiger partial charge in [0.25, 0.3) is 0 Å². The van der Waals surface area contributed by atoms with E-state index in [0.717, 1.165) is 5.69 Å². The monoisotopic (exact) mass is 233 g/mol. The number of benzene rings is 1. The molecule has 5 heteroatoms. The van der Waals surface area contributed by atoms with E-state index < -0.39 is 5.82 Å². The molecule has 2 aromatic rings. The van der Waals surface area contributed by atoms with E-state index in [0.29, 0.717) is 23.2 Å². The van der Waals surface area contributed by atoms with Gasteiger partial charge in [0.2, 0.25) is 0 Å². The van der Waals surface area contributed by atoms with E-state index in [9.17, 15) is 9.18 Å². The standard InChI is InChI=1S/C12H12FN3O/c1-8-3-4-15-16(8)12-10(13)5-9(7-17)6-11(12)14-2/h3-7,14H,1-2H3. The highest BCUT2D eigenvalue weighted by atomic mass is 19.1. The number of hydrogen-bond acceptors (Lipinski definition) is 3. The van der Waals surface area contributed by atoms with Crippen molar-refractivity contribution in [1.29, 1.82) is 0 Å². The lowest BCUT2D eigenvalue weighted by atomic mass is 10.1. The summed E-state index contributed by atoms with van der Waals surface area (Å²) in [6, 6.07) is 4.57. The molecule has 0 aliphatic heterocycles. The maximum Gasteiger partial charge on any atom is 0.151 e. The number of hydrogen-bond donors (Lipinski definition) is 1. The molecule has 0 saturated carbocycles. The zero-order chi connectivity index (χ0) is 12.4. The van der Waals surface area contributed by atoms with Crippen molar-refractivity contribution in [3.8, 4) is 5.69 Å². The van der Waals surface area contributed by atoms with Crippen molar-refractivity contribution in [2.75, 3.05) is 12.4 Å². The van der Waals surface area contributed by atoms with E-state index in [1.165, 1.54) is 10.7 Å². The Morgan fingerprint density at radius 1 is 1.47 bits per heavy atom. The molecular weight excluding hydrogens is 221 g/mol. The van der Waals surface area contributed by atoms with Crippen LogP contribution < -0.4 is 5.32 Å². The second-order valence-electron chi connectivity index (χ2n) is 3.65. The van der Waals surface area contributed by atoms with Crippen molar-refractivity contribution in [2.24, 2.45) is 0 Å². The quantitative estimate of drug-likeness (QED) is 0.826. The molecule has 0 amide bonds. The van der Waals surface area contributed by atoms with Crippen LogP contribution in [0.1, 0.15) is 16.1 Å². The van der Waals surface area contributed by atoms with Crippen molar-refractivity contribution >= 4 is 12.0 Å². The van der Waals surface area contributed by atoms with Gasteiger partial charge in [0.15, 0.2) is 5.82 Å². The first-order valence-electron chi connectivity index (χ1n) is 5.15. The Kier molecular flexibility index (Phi) is 2.91. The van der Waals surface area contributed by atoms with Gasteiger partial charge in [-0.3, -0.25) is 4.79 Å². The molecule has 88 valence electrons. The Morgan fingerprint density at radius 2 is 2.24 bits per heavy atom. The molecule has 2 rings (SSSR count). The molecule has 0 aliphatic rings. The Balaban J connectivity index is 2.69. The fourth-order valence-electron chi connectivity index (χ4n) is 1.70. The molecule has 0 atom stereocenters. The van der Waals surface area contributed by atoms with Gasteiger partial charge < -0.3 is 5.32 Å². The van der Waals surface area contributed by atoms with Crippen LogP contribution in [-0.2, 0) is 0 Å². The highest BCUT2D eigenvalue weighted by Gasteiger charge is 2.14. The summed E-state index contributed by atoms with van der Waals surface area (Å²) < 4.78 is 15.5. The molecule has 17 heavy (non-hydrogen) atoms. The molecule has 0 fully saturated rings. The van der Waals surface area contributed by atoms with E-state index in [-0.39, 0.29) is 0 Å². The first-order chi connectivity index (χ1) is 8.17. The lowest BCUT2D eigenvalue weighted by Crippen LogP contribution is -2.07. The van der Waals surface area contributed by atoms with Crippen LogP contribution in [-0.4, -0.2) is 23.1 Å². The zero-order valence-electron chi connectivity index (χ0n) is 9.57. The summed E-state index contributed by atoms with van der Waals surface area (Å²) in [7, 11) is 1.67. The summed E-state index contributed by atoms with van der Waals surface area (Å²) in [6.07, 6.45) is 2.21. The lowest BCUT2D eigenvalue weighted by Gasteiger charge is -2.12. The Hall–Kier alpha value is -2.17. The van der Waals surface area contributed by atoms with E-state index in [4.69, 9.17) is 0 Å². The lowest BCUT2D eigenvalue weighted by molar-refractivity contribution is 0.112. The number of carbonyl (C=O) groups is 1. The second kappa shape index (κ2) is 4.37. The Labute approximate surface area is 98.1 Å². The molecule has 4 nitrogen and oxygen atoms in total. The van der Waals surface area contributed by atoms with E-state index >= 15 is 0 Å². The van der Waals surface area contributed by atoms with Crippen molar-refractivity contribution in [3.05, 3.63) is 41.5 Å². The van der Waals surface area contributed by atoms with Gasteiger partial charge in [0.05, 0.1) is 5.69 Å². The van der Waals surface area contributed by atoms with E-state index in [1.54, 1.807) is 25.4 Å². The van der Waals surface area contributed by atoms with E-state index in [1.807, 2.05) is 6.92 Å². The van der Waals surface area contributed by atoms with Crippen LogP contribution in [0.5, 0.6) is 0 Å². The number of carbonyl (C=O) groups excluding carboxylic acids is 1. The minimum absolute atomic E-state index is 0.292. The number of nitrogens with one attached hydrogen (secondary N) is 1. The van der Waals surface area contributed by atoms with Gasteiger partial charge in [-0.2, -0.15) is 5.10 Å². The van der Waals surface area contributed by atoms with Crippen LogP contribution in [0.3, 0.4) is 0 Å². The first-order valence-corrected chi connectivity index (χ1v) is 5.15. The largest absolute Gasteiger partial charge is 0.386 e. The maximum atomic E-state index is 14.0. The fourth-order valence-corrected chi connectivity index (χ4v) is 1.70. The molecule has 0 spiro atoms. The summed E-state index contributed by atoms with van der Waals surface area (Å²) in [5.74, 6) is -0.481. The van der Waals surface area contributed by atoms with Gasteiger partial charge in [-0.1, -0.05) is 0 Å². The first kappa shape index (κ1) is 11.3. The zero-order valence-corrected chi connectivity index (χ0v) is 9.57. The van der Waals surface area contributed by atoms with Gasteiger partial charge in [-0.15, -0.1) is 0 Å². The third-order valence-electron chi connectivity index (χ3n) is 2.53. The van der Waals surface area contributed by atoms with Crippen molar-refractivity contribution < 1.29 is 9.18 Å². The van der Waals surface area contributed by atoms with Gasteiger partial charge >= 0.3 is 0 Å². The minimum Gasteiger partial charge on any atom is -0.386 e. The summed E-state index contributed by atoms with van der Waals surface area (Å²) in [5.41, 5.74) is 1.96. The van der Waals surface area contributed by atoms with Crippen molar-refractivity contribution in [3.63, 3.8) is 0 Å². The highest BCUT2D eigenvalue weighted by Crippen LogP contribution is 2.25. The summed E-state index contributed by atoms with van der Waals surface area (Å²) in [4.78, 5) is 10.7. The van der Waals surface area contributed by atoms with Crippen LogP contribution in [0.2, 0.25) is 0 Å². The van der Waals surface area contributed by atoms with Crippen molar-refractivity contribution in [1.82, 2.24) is 9.78 Å². The molecular formula is C12H12FN3O. The highest BCUT2D eigenvalue weighted by molar-refractivity contribution is 5.79. The topological polar surface area (TPSA) is 46.9 Å². The number of aryl methyl sites for hydroxylation is 1. The van der Waals surface area contributed by atoms with Gasteiger partial charge in [0.1, 0.15) is 12.0 Å². The van der Waals surface area contributed by atoms with Crippen LogP contribution in [0.25, 0.3) is 5.69 Å². The minimum atomic E-state index is -0.481. The van der Waals surface area contributed by atoms with Crippen LogP contribution >= 0.6 is 0 Å². The smallest absolute Gasteiger partial charge is 0.151 e. The van der Waals surface area contributed by atoms with E-state index in [2.05, 4.69) is 10.4 Å². The number of rotatable bonds is 3. The Morgan fingerprint density at radius 3 is 2.76 bits per heavy atom. The molecule has 0 radical (unpaired) electrons. The number of aromatic nitrogens is 2. The summed E-state index contributed by atoms with van der Waals surface area (Å²) in [6.45, 7) is 1.83. The fraction of sp³-hybridized carbons (Fsp3) is 0.167. The predicted molar refractivity (Wildman–Crippen MR) is 63.2 cm³/mol. The summed E-state index contributed by atoms with van der Waals surface area (Å²) in [5, 5.41) is 6.93. The normalized spacial score (nSPS) is 10.3. The Bertz CT molecular complexity index is 563. The van der Waals surface area contributed by atoms with Crippen molar-refractivity contribution in [2.45, 2.75) is 6.92 Å². The third kappa shape index (κ3) is 1.91. The third-order valence-corrected chi connectivity index (χ3v) is 2.53. The number of aldehydes is 1. The van der Waals surface area contributed by atoms with Crippen LogP contribution in [0, 0.1) is 12.7 Å². The molecule has 1 N–H and O–H groups in total. The predicted octanol–water partition coefficient (Wildman–Crippen LogP) is 2.17. The molecule has 0 bridgehead atoms. The molecule has 0 saturated heterocycles. The number of nitrogens with zero attached hydrogens (tertiary/aromatic N) is 2. The molecule has 1 aromatic heterocycles. The number of anilines is 1. The average Bonchev–Trinajstić information content (AvgIpc) is 2.74. The van der Waals surface area contributed by atoms with Gasteiger partial charge in [-0.25, -0.2) is 9.07 Å².